The third kappa shape index (κ3) is 4.57. The van der Waals surface area contributed by atoms with Gasteiger partial charge in [-0.2, -0.15) is 0 Å². The molecule has 5 nitrogen and oxygen atoms in total. The van der Waals surface area contributed by atoms with Crippen molar-refractivity contribution < 1.29 is 14.3 Å². The molecule has 130 valence electrons. The molecule has 0 saturated carbocycles. The highest BCUT2D eigenvalue weighted by Crippen LogP contribution is 2.21. The van der Waals surface area contributed by atoms with E-state index in [4.69, 9.17) is 4.74 Å². The summed E-state index contributed by atoms with van der Waals surface area (Å²) in [6.07, 6.45) is 4.43. The van der Waals surface area contributed by atoms with Crippen molar-refractivity contribution in [2.75, 3.05) is 26.2 Å². The number of carbonyl (C=O) groups is 2. The Labute approximate surface area is 143 Å². The van der Waals surface area contributed by atoms with E-state index in [1.807, 2.05) is 18.2 Å². The maximum absolute atomic E-state index is 12.3. The number of carbonyl (C=O) groups excluding carboxylic acids is 2. The molecule has 0 aromatic heterocycles. The summed E-state index contributed by atoms with van der Waals surface area (Å²) >= 11 is 0. The quantitative estimate of drug-likeness (QED) is 0.775. The average Bonchev–Trinajstić information content (AvgIpc) is 3.23. The van der Waals surface area contributed by atoms with E-state index in [2.05, 4.69) is 17.4 Å². The van der Waals surface area contributed by atoms with Crippen LogP contribution in [0.2, 0.25) is 0 Å². The fourth-order valence-corrected chi connectivity index (χ4v) is 3.45. The molecule has 2 aliphatic rings. The Bertz CT molecular complexity index is 555. The van der Waals surface area contributed by atoms with E-state index >= 15 is 0 Å². The molecule has 1 N–H and O–H groups in total. The maximum Gasteiger partial charge on any atom is 0.225 e. The first kappa shape index (κ1) is 17.0. The Kier molecular flexibility index (Phi) is 5.86. The number of hydrogen-bond donors (Lipinski definition) is 1. The molecule has 2 aliphatic heterocycles. The lowest BCUT2D eigenvalue weighted by Crippen LogP contribution is -2.36. The average molecular weight is 330 g/mol. The number of hydrogen-bond acceptors (Lipinski definition) is 3. The van der Waals surface area contributed by atoms with Crippen molar-refractivity contribution in [1.82, 2.24) is 10.2 Å². The topological polar surface area (TPSA) is 58.6 Å². The molecule has 0 radical (unpaired) electrons. The Hall–Kier alpha value is -1.88. The van der Waals surface area contributed by atoms with Gasteiger partial charge in [-0.05, 0) is 31.2 Å². The Balaban J connectivity index is 1.37. The molecular weight excluding hydrogens is 304 g/mol. The summed E-state index contributed by atoms with van der Waals surface area (Å²) in [5.41, 5.74) is 1.28. The summed E-state index contributed by atoms with van der Waals surface area (Å²) < 4.78 is 5.59. The van der Waals surface area contributed by atoms with Crippen LogP contribution in [0.15, 0.2) is 30.3 Å². The summed E-state index contributed by atoms with van der Waals surface area (Å²) in [4.78, 5) is 26.1. The number of aryl methyl sites for hydroxylation is 1. The number of ether oxygens (including phenoxy) is 1. The minimum Gasteiger partial charge on any atom is -0.376 e. The highest BCUT2D eigenvalue weighted by atomic mass is 16.5. The van der Waals surface area contributed by atoms with Crippen molar-refractivity contribution in [3.63, 3.8) is 0 Å². The molecule has 1 aromatic carbocycles. The lowest BCUT2D eigenvalue weighted by atomic mass is 10.1. The van der Waals surface area contributed by atoms with Gasteiger partial charge in [0.05, 0.1) is 12.0 Å². The number of amides is 2. The number of likely N-dealkylation sites (tertiary alicyclic amines) is 1. The molecule has 2 unspecified atom stereocenters. The van der Waals surface area contributed by atoms with Crippen molar-refractivity contribution in [2.24, 2.45) is 5.92 Å². The van der Waals surface area contributed by atoms with E-state index < -0.39 is 0 Å². The molecule has 0 spiro atoms. The summed E-state index contributed by atoms with van der Waals surface area (Å²) in [7, 11) is 0. The minimum absolute atomic E-state index is 0.00579. The second-order valence-corrected chi connectivity index (χ2v) is 6.71. The molecule has 5 heteroatoms. The number of rotatable bonds is 7. The Morgan fingerprint density at radius 2 is 2.12 bits per heavy atom. The monoisotopic (exact) mass is 330 g/mol. The zero-order chi connectivity index (χ0) is 16.8. The van der Waals surface area contributed by atoms with E-state index in [0.29, 0.717) is 26.1 Å². The lowest BCUT2D eigenvalue weighted by molar-refractivity contribution is -0.129. The summed E-state index contributed by atoms with van der Waals surface area (Å²) in [6.45, 7) is 2.61. The summed E-state index contributed by atoms with van der Waals surface area (Å²) in [6, 6.07) is 10.3. The zero-order valence-electron chi connectivity index (χ0n) is 14.1. The minimum atomic E-state index is -0.212. The van der Waals surface area contributed by atoms with Crippen molar-refractivity contribution in [2.45, 2.75) is 38.2 Å². The fourth-order valence-electron chi connectivity index (χ4n) is 3.45. The van der Waals surface area contributed by atoms with Gasteiger partial charge in [-0.3, -0.25) is 9.59 Å². The number of benzene rings is 1. The van der Waals surface area contributed by atoms with Gasteiger partial charge in [-0.15, -0.1) is 0 Å². The van der Waals surface area contributed by atoms with Gasteiger partial charge in [-0.25, -0.2) is 0 Å². The van der Waals surface area contributed by atoms with E-state index in [-0.39, 0.29) is 23.8 Å². The predicted octanol–water partition coefficient (Wildman–Crippen LogP) is 1.76. The van der Waals surface area contributed by atoms with Gasteiger partial charge in [0.15, 0.2) is 0 Å². The predicted molar refractivity (Wildman–Crippen MR) is 91.4 cm³/mol. The Morgan fingerprint density at radius 3 is 2.88 bits per heavy atom. The van der Waals surface area contributed by atoms with E-state index in [1.165, 1.54) is 5.56 Å². The van der Waals surface area contributed by atoms with Gasteiger partial charge in [0.1, 0.15) is 0 Å². The smallest absolute Gasteiger partial charge is 0.225 e. The van der Waals surface area contributed by atoms with Crippen LogP contribution in [0.1, 0.15) is 31.2 Å². The third-order valence-corrected chi connectivity index (χ3v) is 4.82. The van der Waals surface area contributed by atoms with Gasteiger partial charge >= 0.3 is 0 Å². The van der Waals surface area contributed by atoms with Gasteiger partial charge in [0, 0.05) is 32.7 Å². The van der Waals surface area contributed by atoms with Crippen LogP contribution >= 0.6 is 0 Å². The second-order valence-electron chi connectivity index (χ2n) is 6.71. The summed E-state index contributed by atoms with van der Waals surface area (Å²) in [5.74, 6) is -0.128. The molecule has 2 amide bonds. The molecule has 0 aliphatic carbocycles. The first-order valence-electron chi connectivity index (χ1n) is 8.93. The van der Waals surface area contributed by atoms with Crippen LogP contribution < -0.4 is 5.32 Å². The summed E-state index contributed by atoms with van der Waals surface area (Å²) in [5, 5.41) is 2.98. The maximum atomic E-state index is 12.3. The van der Waals surface area contributed by atoms with Gasteiger partial charge in [0.25, 0.3) is 0 Å². The standard InChI is InChI=1S/C19H26N2O3/c22-18-12-16(13-21(18)14-17-9-5-11-24-17)19(23)20-10-4-8-15-6-2-1-3-7-15/h1-3,6-7,16-17H,4-5,8-14H2,(H,20,23). The van der Waals surface area contributed by atoms with E-state index in [0.717, 1.165) is 32.3 Å². The normalized spacial score (nSPS) is 23.7. The number of nitrogens with one attached hydrogen (secondary N) is 1. The fraction of sp³-hybridized carbons (Fsp3) is 0.579. The van der Waals surface area contributed by atoms with Crippen molar-refractivity contribution in [3.8, 4) is 0 Å². The van der Waals surface area contributed by atoms with Crippen molar-refractivity contribution in [3.05, 3.63) is 35.9 Å². The molecular formula is C19H26N2O3. The van der Waals surface area contributed by atoms with Gasteiger partial charge in [-0.1, -0.05) is 30.3 Å². The Morgan fingerprint density at radius 1 is 1.29 bits per heavy atom. The number of nitrogens with zero attached hydrogens (tertiary/aromatic N) is 1. The molecule has 3 rings (SSSR count). The van der Waals surface area contributed by atoms with E-state index in [9.17, 15) is 9.59 Å². The van der Waals surface area contributed by atoms with Crippen LogP contribution in [0.3, 0.4) is 0 Å². The molecule has 1 aromatic rings. The molecule has 2 saturated heterocycles. The molecule has 24 heavy (non-hydrogen) atoms. The third-order valence-electron chi connectivity index (χ3n) is 4.82. The SMILES string of the molecule is O=C(NCCCc1ccccc1)C1CC(=O)N(CC2CCCO2)C1. The molecule has 2 fully saturated rings. The van der Waals surface area contributed by atoms with Crippen LogP contribution in [0.4, 0.5) is 0 Å². The highest BCUT2D eigenvalue weighted by Gasteiger charge is 2.35. The van der Waals surface area contributed by atoms with Crippen LogP contribution in [0, 0.1) is 5.92 Å². The van der Waals surface area contributed by atoms with E-state index in [1.54, 1.807) is 4.90 Å². The first-order valence-corrected chi connectivity index (χ1v) is 8.93. The van der Waals surface area contributed by atoms with Gasteiger partial charge < -0.3 is 15.0 Å². The van der Waals surface area contributed by atoms with Crippen LogP contribution in [0.25, 0.3) is 0 Å². The lowest BCUT2D eigenvalue weighted by Gasteiger charge is -2.20. The molecule has 2 heterocycles. The van der Waals surface area contributed by atoms with Crippen molar-refractivity contribution >= 4 is 11.8 Å². The van der Waals surface area contributed by atoms with Gasteiger partial charge in [0.2, 0.25) is 11.8 Å². The van der Waals surface area contributed by atoms with Crippen LogP contribution in [-0.2, 0) is 20.7 Å². The first-order chi connectivity index (χ1) is 11.7. The van der Waals surface area contributed by atoms with Crippen LogP contribution in [-0.4, -0.2) is 49.1 Å². The molecule has 0 bridgehead atoms. The zero-order valence-corrected chi connectivity index (χ0v) is 14.1. The molecule has 2 atom stereocenters. The largest absolute Gasteiger partial charge is 0.376 e. The van der Waals surface area contributed by atoms with Crippen molar-refractivity contribution in [1.29, 1.82) is 0 Å². The second kappa shape index (κ2) is 8.29. The van der Waals surface area contributed by atoms with Crippen LogP contribution in [0.5, 0.6) is 0 Å². The highest BCUT2D eigenvalue weighted by molar-refractivity contribution is 5.89.